The Bertz CT molecular complexity index is 624. The molecule has 7 heteroatoms. The molecule has 0 radical (unpaired) electrons. The summed E-state index contributed by atoms with van der Waals surface area (Å²) < 4.78 is 1.83. The minimum Gasteiger partial charge on any atom is -0.316 e. The van der Waals surface area contributed by atoms with Crippen molar-refractivity contribution in [3.63, 3.8) is 0 Å². The van der Waals surface area contributed by atoms with E-state index in [4.69, 9.17) is 0 Å². The number of hydrogen-bond acceptors (Lipinski definition) is 5. The largest absolute Gasteiger partial charge is 0.316 e. The van der Waals surface area contributed by atoms with Gasteiger partial charge in [-0.15, -0.1) is 11.3 Å². The van der Waals surface area contributed by atoms with Crippen LogP contribution in [0.4, 0.5) is 5.82 Å². The van der Waals surface area contributed by atoms with Crippen LogP contribution in [0.25, 0.3) is 0 Å². The topological polar surface area (TPSA) is 62.2 Å². The number of carbonyl (C=O) groups is 1. The van der Waals surface area contributed by atoms with E-state index in [1.807, 2.05) is 29.2 Å². The molecule has 0 aromatic carbocycles. The SMILES string of the molecule is CNC1CCCN(CC(=O)Nc2ccnn2Cc2cccs2)C1. The Morgan fingerprint density at radius 3 is 3.17 bits per heavy atom. The molecular formula is C16H23N5OS. The molecule has 3 rings (SSSR count). The van der Waals surface area contributed by atoms with Crippen molar-refractivity contribution in [1.82, 2.24) is 20.0 Å². The van der Waals surface area contributed by atoms with Gasteiger partial charge in [0.1, 0.15) is 5.82 Å². The lowest BCUT2D eigenvalue weighted by molar-refractivity contribution is -0.117. The van der Waals surface area contributed by atoms with Crippen molar-refractivity contribution in [2.45, 2.75) is 25.4 Å². The summed E-state index contributed by atoms with van der Waals surface area (Å²) in [6, 6.07) is 6.43. The second kappa shape index (κ2) is 7.72. The number of anilines is 1. The van der Waals surface area contributed by atoms with Crippen LogP contribution in [-0.2, 0) is 11.3 Å². The van der Waals surface area contributed by atoms with Crippen LogP contribution in [0.1, 0.15) is 17.7 Å². The third kappa shape index (κ3) is 4.40. The van der Waals surface area contributed by atoms with Crippen molar-refractivity contribution < 1.29 is 4.79 Å². The Labute approximate surface area is 140 Å². The lowest BCUT2D eigenvalue weighted by Crippen LogP contribution is -2.47. The van der Waals surface area contributed by atoms with Crippen LogP contribution in [0.2, 0.25) is 0 Å². The predicted octanol–water partition coefficient (Wildman–Crippen LogP) is 1.62. The van der Waals surface area contributed by atoms with Crippen molar-refractivity contribution in [3.05, 3.63) is 34.7 Å². The highest BCUT2D eigenvalue weighted by Crippen LogP contribution is 2.15. The Balaban J connectivity index is 1.55. The Morgan fingerprint density at radius 2 is 2.39 bits per heavy atom. The van der Waals surface area contributed by atoms with E-state index >= 15 is 0 Å². The molecule has 124 valence electrons. The molecule has 2 N–H and O–H groups in total. The van der Waals surface area contributed by atoms with Crippen LogP contribution in [0.3, 0.4) is 0 Å². The van der Waals surface area contributed by atoms with Gasteiger partial charge in [-0.2, -0.15) is 5.10 Å². The molecule has 0 spiro atoms. The molecule has 1 saturated heterocycles. The van der Waals surface area contributed by atoms with Gasteiger partial charge in [-0.3, -0.25) is 9.69 Å². The smallest absolute Gasteiger partial charge is 0.239 e. The normalized spacial score (nSPS) is 18.9. The molecule has 0 aliphatic carbocycles. The number of likely N-dealkylation sites (tertiary alicyclic amines) is 1. The van der Waals surface area contributed by atoms with Gasteiger partial charge >= 0.3 is 0 Å². The number of piperidine rings is 1. The number of amides is 1. The van der Waals surface area contributed by atoms with Crippen LogP contribution in [-0.4, -0.2) is 53.3 Å². The van der Waals surface area contributed by atoms with Crippen LogP contribution in [0.15, 0.2) is 29.8 Å². The molecule has 2 aromatic rings. The first-order chi connectivity index (χ1) is 11.2. The maximum atomic E-state index is 12.3. The predicted molar refractivity (Wildman–Crippen MR) is 92.8 cm³/mol. The third-order valence-corrected chi connectivity index (χ3v) is 5.01. The molecule has 0 bridgehead atoms. The summed E-state index contributed by atoms with van der Waals surface area (Å²) in [4.78, 5) is 15.7. The summed E-state index contributed by atoms with van der Waals surface area (Å²) in [7, 11) is 1.98. The molecule has 1 fully saturated rings. The fourth-order valence-electron chi connectivity index (χ4n) is 2.94. The zero-order valence-electron chi connectivity index (χ0n) is 13.4. The first kappa shape index (κ1) is 16.2. The highest BCUT2D eigenvalue weighted by Gasteiger charge is 2.20. The maximum Gasteiger partial charge on any atom is 0.239 e. The highest BCUT2D eigenvalue weighted by atomic mass is 32.1. The van der Waals surface area contributed by atoms with Crippen molar-refractivity contribution in [3.8, 4) is 0 Å². The van der Waals surface area contributed by atoms with E-state index in [9.17, 15) is 4.79 Å². The fourth-order valence-corrected chi connectivity index (χ4v) is 3.62. The number of likely N-dealkylation sites (N-methyl/N-ethyl adjacent to an activating group) is 1. The lowest BCUT2D eigenvalue weighted by atomic mass is 10.1. The zero-order chi connectivity index (χ0) is 16.1. The Morgan fingerprint density at radius 1 is 1.48 bits per heavy atom. The van der Waals surface area contributed by atoms with Gasteiger partial charge < -0.3 is 10.6 Å². The van der Waals surface area contributed by atoms with E-state index in [0.29, 0.717) is 19.1 Å². The van der Waals surface area contributed by atoms with E-state index in [0.717, 1.165) is 25.3 Å². The van der Waals surface area contributed by atoms with Crippen molar-refractivity contribution in [2.24, 2.45) is 0 Å². The summed E-state index contributed by atoms with van der Waals surface area (Å²) in [6.45, 7) is 3.03. The standard InChI is InChI=1S/C16H23N5OS/c1-17-13-4-2-8-20(10-13)12-16(22)19-15-6-7-18-21(15)11-14-5-3-9-23-14/h3,5-7,9,13,17H,2,4,8,10-12H2,1H3,(H,19,22). The number of carbonyl (C=O) groups excluding carboxylic acids is 1. The molecule has 0 saturated carbocycles. The minimum absolute atomic E-state index is 0.0229. The summed E-state index contributed by atoms with van der Waals surface area (Å²) in [5, 5.41) is 12.6. The van der Waals surface area contributed by atoms with Gasteiger partial charge in [-0.1, -0.05) is 6.07 Å². The minimum atomic E-state index is 0.0229. The van der Waals surface area contributed by atoms with Crippen molar-refractivity contribution in [1.29, 1.82) is 0 Å². The molecule has 1 aliphatic rings. The van der Waals surface area contributed by atoms with Gasteiger partial charge in [0, 0.05) is 23.5 Å². The number of hydrogen-bond donors (Lipinski definition) is 2. The quantitative estimate of drug-likeness (QED) is 0.843. The second-order valence-corrected chi connectivity index (χ2v) is 6.90. The summed E-state index contributed by atoms with van der Waals surface area (Å²) in [6.07, 6.45) is 4.04. The number of nitrogens with one attached hydrogen (secondary N) is 2. The first-order valence-corrected chi connectivity index (χ1v) is 8.86. The van der Waals surface area contributed by atoms with Crippen LogP contribution >= 0.6 is 11.3 Å². The molecule has 23 heavy (non-hydrogen) atoms. The fraction of sp³-hybridized carbons (Fsp3) is 0.500. The van der Waals surface area contributed by atoms with Gasteiger partial charge in [0.2, 0.25) is 5.91 Å². The number of aromatic nitrogens is 2. The van der Waals surface area contributed by atoms with E-state index in [1.54, 1.807) is 17.5 Å². The average Bonchev–Trinajstić information content (AvgIpc) is 3.20. The number of thiophene rings is 1. The Kier molecular flexibility index (Phi) is 5.43. The van der Waals surface area contributed by atoms with Gasteiger partial charge in [-0.05, 0) is 37.9 Å². The number of rotatable bonds is 6. The molecule has 1 unspecified atom stereocenters. The maximum absolute atomic E-state index is 12.3. The molecule has 6 nitrogen and oxygen atoms in total. The molecular weight excluding hydrogens is 310 g/mol. The van der Waals surface area contributed by atoms with E-state index in [1.165, 1.54) is 11.3 Å². The highest BCUT2D eigenvalue weighted by molar-refractivity contribution is 7.09. The molecule has 1 aliphatic heterocycles. The lowest BCUT2D eigenvalue weighted by Gasteiger charge is -2.31. The Hall–Kier alpha value is -1.70. The summed E-state index contributed by atoms with van der Waals surface area (Å²) >= 11 is 1.69. The number of nitrogens with zero attached hydrogens (tertiary/aromatic N) is 3. The van der Waals surface area contributed by atoms with E-state index in [2.05, 4.69) is 26.7 Å². The second-order valence-electron chi connectivity index (χ2n) is 5.86. The van der Waals surface area contributed by atoms with E-state index in [-0.39, 0.29) is 5.91 Å². The van der Waals surface area contributed by atoms with Gasteiger partial charge in [0.05, 0.1) is 19.3 Å². The van der Waals surface area contributed by atoms with Gasteiger partial charge in [0.25, 0.3) is 0 Å². The van der Waals surface area contributed by atoms with Crippen molar-refractivity contribution in [2.75, 3.05) is 32.0 Å². The van der Waals surface area contributed by atoms with Crippen LogP contribution < -0.4 is 10.6 Å². The molecule has 2 aromatic heterocycles. The van der Waals surface area contributed by atoms with Crippen molar-refractivity contribution >= 4 is 23.1 Å². The zero-order valence-corrected chi connectivity index (χ0v) is 14.2. The monoisotopic (exact) mass is 333 g/mol. The van der Waals surface area contributed by atoms with Gasteiger partial charge in [-0.25, -0.2) is 4.68 Å². The third-order valence-electron chi connectivity index (χ3n) is 4.15. The first-order valence-electron chi connectivity index (χ1n) is 7.98. The van der Waals surface area contributed by atoms with Crippen LogP contribution in [0.5, 0.6) is 0 Å². The summed E-state index contributed by atoms with van der Waals surface area (Å²) in [5.41, 5.74) is 0. The molecule has 3 heterocycles. The van der Waals surface area contributed by atoms with E-state index < -0.39 is 0 Å². The summed E-state index contributed by atoms with van der Waals surface area (Å²) in [5.74, 6) is 0.778. The molecule has 1 atom stereocenters. The van der Waals surface area contributed by atoms with Gasteiger partial charge in [0.15, 0.2) is 0 Å². The molecule has 1 amide bonds. The average molecular weight is 333 g/mol. The van der Waals surface area contributed by atoms with Crippen LogP contribution in [0, 0.1) is 0 Å².